The van der Waals surface area contributed by atoms with E-state index in [1.807, 2.05) is 6.92 Å². The smallest absolute Gasteiger partial charge is 0.191 e. The maximum atomic E-state index is 5.93. The van der Waals surface area contributed by atoms with Gasteiger partial charge in [-0.1, -0.05) is 6.42 Å². The van der Waals surface area contributed by atoms with E-state index in [9.17, 15) is 0 Å². The van der Waals surface area contributed by atoms with Crippen LogP contribution in [-0.2, 0) is 32.4 Å². The number of aryl methyl sites for hydroxylation is 1. The van der Waals surface area contributed by atoms with Gasteiger partial charge in [-0.3, -0.25) is 4.99 Å². The summed E-state index contributed by atoms with van der Waals surface area (Å²) in [5.74, 6) is 4.82. The Morgan fingerprint density at radius 1 is 1.26 bits per heavy atom. The van der Waals surface area contributed by atoms with E-state index in [0.29, 0.717) is 13.2 Å². The monoisotopic (exact) mass is 426 g/mol. The van der Waals surface area contributed by atoms with Crippen molar-refractivity contribution in [2.75, 3.05) is 20.2 Å². The van der Waals surface area contributed by atoms with Crippen LogP contribution in [0.25, 0.3) is 0 Å². The molecule has 2 aliphatic heterocycles. The summed E-state index contributed by atoms with van der Waals surface area (Å²) in [6.45, 7) is 7.14. The third-order valence-corrected chi connectivity index (χ3v) is 5.88. The highest BCUT2D eigenvalue weighted by molar-refractivity contribution is 5.79. The molecule has 0 aliphatic carbocycles. The average Bonchev–Trinajstić information content (AvgIpc) is 3.22. The number of benzene rings is 1. The largest absolute Gasteiger partial charge is 0.494 e. The lowest BCUT2D eigenvalue weighted by Gasteiger charge is -2.16. The van der Waals surface area contributed by atoms with Crippen LogP contribution in [0.5, 0.6) is 11.5 Å². The molecule has 2 aromatic rings. The van der Waals surface area contributed by atoms with Gasteiger partial charge in [-0.25, -0.2) is 0 Å². The third kappa shape index (κ3) is 5.11. The number of aromatic nitrogens is 3. The Morgan fingerprint density at radius 3 is 3.00 bits per heavy atom. The van der Waals surface area contributed by atoms with Gasteiger partial charge in [0.1, 0.15) is 29.3 Å². The van der Waals surface area contributed by atoms with E-state index >= 15 is 0 Å². The van der Waals surface area contributed by atoms with E-state index in [4.69, 9.17) is 9.47 Å². The van der Waals surface area contributed by atoms with Gasteiger partial charge in [0, 0.05) is 57.1 Å². The van der Waals surface area contributed by atoms with Crippen LogP contribution in [0.2, 0.25) is 0 Å². The van der Waals surface area contributed by atoms with Crippen LogP contribution < -0.4 is 20.1 Å². The minimum Gasteiger partial charge on any atom is -0.494 e. The van der Waals surface area contributed by atoms with Gasteiger partial charge in [-0.05, 0) is 38.8 Å². The zero-order chi connectivity index (χ0) is 21.6. The van der Waals surface area contributed by atoms with E-state index in [-0.39, 0.29) is 6.10 Å². The van der Waals surface area contributed by atoms with Crippen molar-refractivity contribution in [2.45, 2.75) is 71.6 Å². The second-order valence-corrected chi connectivity index (χ2v) is 8.23. The molecule has 1 unspecified atom stereocenters. The molecule has 0 amide bonds. The number of nitrogens with one attached hydrogen (secondary N) is 2. The van der Waals surface area contributed by atoms with E-state index in [1.165, 1.54) is 24.8 Å². The number of aliphatic imine (C=N–C) groups is 1. The van der Waals surface area contributed by atoms with Gasteiger partial charge in [-0.2, -0.15) is 0 Å². The maximum Gasteiger partial charge on any atom is 0.191 e. The highest BCUT2D eigenvalue weighted by Gasteiger charge is 2.22. The Morgan fingerprint density at radius 2 is 2.16 bits per heavy atom. The van der Waals surface area contributed by atoms with Gasteiger partial charge < -0.3 is 24.7 Å². The molecule has 0 saturated heterocycles. The van der Waals surface area contributed by atoms with Gasteiger partial charge in [0.2, 0.25) is 0 Å². The van der Waals surface area contributed by atoms with Crippen molar-refractivity contribution < 1.29 is 9.47 Å². The fourth-order valence-electron chi connectivity index (χ4n) is 4.33. The van der Waals surface area contributed by atoms with Crippen molar-refractivity contribution in [2.24, 2.45) is 4.99 Å². The SMILES string of the molecule is CCOc1cc2c(cc1CNC(=NC)NCCc1nnc3n1CCCCC3)OC(C)C2. The minimum atomic E-state index is 0.217. The minimum absolute atomic E-state index is 0.217. The molecule has 4 rings (SSSR count). The first-order chi connectivity index (χ1) is 15.2. The number of nitrogens with zero attached hydrogens (tertiary/aromatic N) is 4. The fraction of sp³-hybridized carbons (Fsp3) is 0.609. The zero-order valence-corrected chi connectivity index (χ0v) is 18.9. The van der Waals surface area contributed by atoms with E-state index in [1.54, 1.807) is 7.05 Å². The van der Waals surface area contributed by atoms with Gasteiger partial charge in [0.15, 0.2) is 5.96 Å². The molecule has 8 heteroatoms. The standard InChI is InChI=1S/C23H34N6O2/c1-4-30-19-13-17-12-16(2)31-20(17)14-18(19)15-26-23(24-3)25-10-9-22-28-27-21-8-6-5-7-11-29(21)22/h13-14,16H,4-12,15H2,1-3H3,(H2,24,25,26). The Hall–Kier alpha value is -2.77. The molecule has 1 aromatic heterocycles. The number of rotatable bonds is 7. The van der Waals surface area contributed by atoms with Gasteiger partial charge >= 0.3 is 0 Å². The lowest BCUT2D eigenvalue weighted by Crippen LogP contribution is -2.38. The highest BCUT2D eigenvalue weighted by atomic mass is 16.5. The molecule has 8 nitrogen and oxygen atoms in total. The van der Waals surface area contributed by atoms with Gasteiger partial charge in [0.05, 0.1) is 6.61 Å². The summed E-state index contributed by atoms with van der Waals surface area (Å²) in [4.78, 5) is 4.36. The molecular weight excluding hydrogens is 392 g/mol. The molecule has 2 aliphatic rings. The molecule has 0 spiro atoms. The van der Waals surface area contributed by atoms with Crippen molar-refractivity contribution in [3.05, 3.63) is 34.9 Å². The van der Waals surface area contributed by atoms with E-state index in [0.717, 1.165) is 67.0 Å². The Balaban J connectivity index is 1.33. The summed E-state index contributed by atoms with van der Waals surface area (Å²) in [5, 5.41) is 15.6. The van der Waals surface area contributed by atoms with Crippen LogP contribution in [0.3, 0.4) is 0 Å². The Kier molecular flexibility index (Phi) is 6.94. The normalized spacial score (nSPS) is 18.0. The molecule has 0 bridgehead atoms. The van der Waals surface area contributed by atoms with Crippen LogP contribution in [0.15, 0.2) is 17.1 Å². The Bertz CT molecular complexity index is 923. The molecule has 31 heavy (non-hydrogen) atoms. The number of hydrogen-bond acceptors (Lipinski definition) is 5. The predicted octanol–water partition coefficient (Wildman–Crippen LogP) is 2.63. The quantitative estimate of drug-likeness (QED) is 0.523. The zero-order valence-electron chi connectivity index (χ0n) is 18.9. The summed E-state index contributed by atoms with van der Waals surface area (Å²) in [6.07, 6.45) is 6.70. The lowest BCUT2D eigenvalue weighted by atomic mass is 10.1. The predicted molar refractivity (Wildman–Crippen MR) is 121 cm³/mol. The third-order valence-electron chi connectivity index (χ3n) is 5.88. The number of guanidine groups is 1. The summed E-state index contributed by atoms with van der Waals surface area (Å²) >= 11 is 0. The highest BCUT2D eigenvalue weighted by Crippen LogP contribution is 2.35. The summed E-state index contributed by atoms with van der Waals surface area (Å²) in [7, 11) is 1.79. The summed E-state index contributed by atoms with van der Waals surface area (Å²) < 4.78 is 14.1. The average molecular weight is 427 g/mol. The molecule has 0 radical (unpaired) electrons. The van der Waals surface area contributed by atoms with Gasteiger partial charge in [-0.15, -0.1) is 10.2 Å². The second-order valence-electron chi connectivity index (χ2n) is 8.23. The first kappa shape index (κ1) is 21.5. The van der Waals surface area contributed by atoms with Gasteiger partial charge in [0.25, 0.3) is 0 Å². The van der Waals surface area contributed by atoms with Crippen LogP contribution in [-0.4, -0.2) is 47.0 Å². The van der Waals surface area contributed by atoms with Crippen molar-refractivity contribution in [3.63, 3.8) is 0 Å². The maximum absolute atomic E-state index is 5.93. The van der Waals surface area contributed by atoms with Crippen LogP contribution in [0.4, 0.5) is 0 Å². The molecule has 2 N–H and O–H groups in total. The van der Waals surface area contributed by atoms with Crippen LogP contribution in [0.1, 0.15) is 55.9 Å². The topological polar surface area (TPSA) is 85.6 Å². The van der Waals surface area contributed by atoms with Crippen molar-refractivity contribution in [1.29, 1.82) is 0 Å². The molecule has 1 atom stereocenters. The summed E-state index contributed by atoms with van der Waals surface area (Å²) in [6, 6.07) is 4.21. The number of fused-ring (bicyclic) bond motifs is 2. The van der Waals surface area contributed by atoms with Crippen molar-refractivity contribution >= 4 is 5.96 Å². The first-order valence-electron chi connectivity index (χ1n) is 11.5. The molecule has 3 heterocycles. The van der Waals surface area contributed by atoms with Crippen LogP contribution in [0, 0.1) is 0 Å². The number of ether oxygens (including phenoxy) is 2. The molecule has 168 valence electrons. The first-order valence-corrected chi connectivity index (χ1v) is 11.5. The lowest BCUT2D eigenvalue weighted by molar-refractivity contribution is 0.254. The van der Waals surface area contributed by atoms with Crippen LogP contribution >= 0.6 is 0 Å². The second kappa shape index (κ2) is 10.0. The molecule has 1 aromatic carbocycles. The van der Waals surface area contributed by atoms with Crippen molar-refractivity contribution in [1.82, 2.24) is 25.4 Å². The molecule has 0 saturated carbocycles. The molecule has 0 fully saturated rings. The molecular formula is C23H34N6O2. The number of hydrogen-bond donors (Lipinski definition) is 2. The fourth-order valence-corrected chi connectivity index (χ4v) is 4.33. The van der Waals surface area contributed by atoms with E-state index < -0.39 is 0 Å². The van der Waals surface area contributed by atoms with E-state index in [2.05, 4.69) is 49.4 Å². The summed E-state index contributed by atoms with van der Waals surface area (Å²) in [5.41, 5.74) is 2.29. The Labute approximate surface area is 184 Å². The van der Waals surface area contributed by atoms with Crippen molar-refractivity contribution in [3.8, 4) is 11.5 Å².